The van der Waals surface area contributed by atoms with Crippen LogP contribution in [0.15, 0.2) is 54.2 Å². The minimum absolute atomic E-state index is 0.0467. The van der Waals surface area contributed by atoms with E-state index in [1.807, 2.05) is 48.7 Å². The molecule has 0 aliphatic rings. The van der Waals surface area contributed by atoms with Crippen molar-refractivity contribution in [3.63, 3.8) is 0 Å². The Labute approximate surface area is 156 Å². The predicted octanol–water partition coefficient (Wildman–Crippen LogP) is 4.45. The number of carbonyl (C=O) groups excluding carboxylic acids is 1. The molecule has 0 saturated carbocycles. The number of hydrogen-bond acceptors (Lipinski definition) is 4. The third kappa shape index (κ3) is 4.44. The smallest absolute Gasteiger partial charge is 0.228 e. The van der Waals surface area contributed by atoms with Gasteiger partial charge in [0.05, 0.1) is 12.1 Å². The number of halogens is 1. The number of hydrogen-bond donors (Lipinski definition) is 0. The Balaban J connectivity index is 1.68. The van der Waals surface area contributed by atoms with Gasteiger partial charge in [-0.15, -0.1) is 11.3 Å². The minimum Gasteiger partial charge on any atom is -0.338 e. The molecule has 1 amide bonds. The third-order valence-electron chi connectivity index (χ3n) is 3.85. The Morgan fingerprint density at radius 3 is 2.80 bits per heavy atom. The monoisotopic (exact) mass is 371 g/mol. The molecule has 0 radical (unpaired) electrons. The van der Waals surface area contributed by atoms with E-state index < -0.39 is 0 Å². The molecule has 0 spiro atoms. The van der Waals surface area contributed by atoms with E-state index in [2.05, 4.69) is 9.97 Å². The highest BCUT2D eigenvalue weighted by Gasteiger charge is 2.16. The van der Waals surface area contributed by atoms with Crippen LogP contribution in [-0.2, 0) is 17.8 Å². The molecule has 3 aromatic rings. The summed E-state index contributed by atoms with van der Waals surface area (Å²) in [5.74, 6) is 0.0467. The van der Waals surface area contributed by atoms with Crippen molar-refractivity contribution in [2.24, 2.45) is 0 Å². The summed E-state index contributed by atoms with van der Waals surface area (Å²) in [6.45, 7) is 3.11. The van der Waals surface area contributed by atoms with E-state index in [1.165, 1.54) is 11.3 Å². The largest absolute Gasteiger partial charge is 0.338 e. The van der Waals surface area contributed by atoms with Crippen molar-refractivity contribution in [3.8, 4) is 10.6 Å². The number of benzene rings is 1. The van der Waals surface area contributed by atoms with Gasteiger partial charge in [0.1, 0.15) is 5.01 Å². The number of rotatable bonds is 6. The van der Waals surface area contributed by atoms with Crippen molar-refractivity contribution >= 4 is 28.8 Å². The van der Waals surface area contributed by atoms with Crippen LogP contribution < -0.4 is 0 Å². The Morgan fingerprint density at radius 2 is 2.08 bits per heavy atom. The summed E-state index contributed by atoms with van der Waals surface area (Å²) in [6, 6.07) is 11.5. The molecule has 0 unspecified atom stereocenters. The number of pyridine rings is 1. The zero-order chi connectivity index (χ0) is 17.6. The Kier molecular flexibility index (Phi) is 5.79. The first-order chi connectivity index (χ1) is 12.2. The maximum atomic E-state index is 12.6. The van der Waals surface area contributed by atoms with E-state index in [9.17, 15) is 4.79 Å². The number of amides is 1. The molecule has 0 aliphatic carbocycles. The Bertz CT molecular complexity index is 851. The van der Waals surface area contributed by atoms with Gasteiger partial charge in [-0.2, -0.15) is 0 Å². The van der Waals surface area contributed by atoms with Crippen LogP contribution in [0.1, 0.15) is 18.2 Å². The van der Waals surface area contributed by atoms with Crippen molar-refractivity contribution in [2.45, 2.75) is 19.9 Å². The molecule has 0 atom stereocenters. The van der Waals surface area contributed by atoms with E-state index in [-0.39, 0.29) is 12.3 Å². The summed E-state index contributed by atoms with van der Waals surface area (Å²) >= 11 is 7.73. The van der Waals surface area contributed by atoms with Crippen molar-refractivity contribution < 1.29 is 4.79 Å². The maximum Gasteiger partial charge on any atom is 0.228 e. The molecule has 6 heteroatoms. The summed E-state index contributed by atoms with van der Waals surface area (Å²) in [5, 5.41) is 3.50. The first kappa shape index (κ1) is 17.6. The second kappa shape index (κ2) is 8.23. The van der Waals surface area contributed by atoms with Gasteiger partial charge in [-0.3, -0.25) is 9.78 Å². The molecule has 1 aromatic carbocycles. The van der Waals surface area contributed by atoms with Gasteiger partial charge in [-0.25, -0.2) is 4.98 Å². The summed E-state index contributed by atoms with van der Waals surface area (Å²) < 4.78 is 0. The zero-order valence-corrected chi connectivity index (χ0v) is 15.4. The van der Waals surface area contributed by atoms with Gasteiger partial charge in [-0.1, -0.05) is 29.8 Å². The fraction of sp³-hybridized carbons (Fsp3) is 0.211. The number of aromatic nitrogens is 2. The maximum absolute atomic E-state index is 12.6. The van der Waals surface area contributed by atoms with E-state index in [4.69, 9.17) is 11.6 Å². The lowest BCUT2D eigenvalue weighted by molar-refractivity contribution is -0.130. The molecule has 0 fully saturated rings. The predicted molar refractivity (Wildman–Crippen MR) is 102 cm³/mol. The van der Waals surface area contributed by atoms with Crippen LogP contribution in [0.4, 0.5) is 0 Å². The zero-order valence-electron chi connectivity index (χ0n) is 13.9. The Hall–Kier alpha value is -2.24. The Morgan fingerprint density at radius 1 is 1.24 bits per heavy atom. The molecule has 0 bridgehead atoms. The fourth-order valence-corrected chi connectivity index (χ4v) is 3.49. The number of likely N-dealkylation sites (N-methyl/N-ethyl adjacent to an activating group) is 1. The van der Waals surface area contributed by atoms with Crippen LogP contribution in [-0.4, -0.2) is 27.3 Å². The van der Waals surface area contributed by atoms with Crippen molar-refractivity contribution in [2.75, 3.05) is 6.54 Å². The average Bonchev–Trinajstić information content (AvgIpc) is 3.10. The van der Waals surface area contributed by atoms with E-state index >= 15 is 0 Å². The van der Waals surface area contributed by atoms with E-state index in [0.717, 1.165) is 21.8 Å². The summed E-state index contributed by atoms with van der Waals surface area (Å²) in [5.41, 5.74) is 2.70. The second-order valence-electron chi connectivity index (χ2n) is 5.56. The number of carbonyl (C=O) groups is 1. The lowest BCUT2D eigenvalue weighted by Gasteiger charge is -2.21. The second-order valence-corrected chi connectivity index (χ2v) is 6.83. The van der Waals surface area contributed by atoms with Gasteiger partial charge in [0, 0.05) is 41.4 Å². The standard InChI is InChI=1S/C19H18ClN3OS/c1-2-23(12-15-6-3-4-8-17(15)20)18(24)10-16-13-25-19(22-16)14-7-5-9-21-11-14/h3-9,11,13H,2,10,12H2,1H3. The van der Waals surface area contributed by atoms with Gasteiger partial charge in [0.25, 0.3) is 0 Å². The minimum atomic E-state index is 0.0467. The molecule has 0 N–H and O–H groups in total. The van der Waals surface area contributed by atoms with E-state index in [1.54, 1.807) is 17.3 Å². The van der Waals surface area contributed by atoms with Crippen LogP contribution in [0.3, 0.4) is 0 Å². The van der Waals surface area contributed by atoms with Gasteiger partial charge in [-0.05, 0) is 30.7 Å². The average molecular weight is 372 g/mol. The fourth-order valence-electron chi connectivity index (χ4n) is 2.49. The first-order valence-corrected chi connectivity index (χ1v) is 9.29. The van der Waals surface area contributed by atoms with Gasteiger partial charge in [0.15, 0.2) is 0 Å². The van der Waals surface area contributed by atoms with Crippen LogP contribution in [0.2, 0.25) is 5.02 Å². The van der Waals surface area contributed by atoms with Gasteiger partial charge in [0.2, 0.25) is 5.91 Å². The highest BCUT2D eigenvalue weighted by atomic mass is 35.5. The summed E-state index contributed by atoms with van der Waals surface area (Å²) in [7, 11) is 0. The molecular formula is C19H18ClN3OS. The van der Waals surface area contributed by atoms with Crippen LogP contribution >= 0.6 is 22.9 Å². The molecular weight excluding hydrogens is 354 g/mol. The van der Waals surface area contributed by atoms with Crippen molar-refractivity contribution in [1.82, 2.24) is 14.9 Å². The summed E-state index contributed by atoms with van der Waals surface area (Å²) in [4.78, 5) is 23.1. The SMILES string of the molecule is CCN(Cc1ccccc1Cl)C(=O)Cc1csc(-c2cccnc2)n1. The first-order valence-electron chi connectivity index (χ1n) is 8.03. The topological polar surface area (TPSA) is 46.1 Å². The van der Waals surface area contributed by atoms with Gasteiger partial charge < -0.3 is 4.90 Å². The summed E-state index contributed by atoms with van der Waals surface area (Å²) in [6.07, 6.45) is 3.80. The van der Waals surface area contributed by atoms with Crippen LogP contribution in [0.25, 0.3) is 10.6 Å². The van der Waals surface area contributed by atoms with E-state index in [0.29, 0.717) is 18.1 Å². The quantitative estimate of drug-likeness (QED) is 0.643. The lowest BCUT2D eigenvalue weighted by atomic mass is 10.2. The number of nitrogens with zero attached hydrogens (tertiary/aromatic N) is 3. The normalized spacial score (nSPS) is 10.6. The molecule has 2 heterocycles. The van der Waals surface area contributed by atoms with Gasteiger partial charge >= 0.3 is 0 Å². The highest BCUT2D eigenvalue weighted by Crippen LogP contribution is 2.23. The lowest BCUT2D eigenvalue weighted by Crippen LogP contribution is -2.31. The molecule has 0 saturated heterocycles. The molecule has 3 rings (SSSR count). The molecule has 0 aliphatic heterocycles. The molecule has 128 valence electrons. The number of thiazole rings is 1. The highest BCUT2D eigenvalue weighted by molar-refractivity contribution is 7.13. The van der Waals surface area contributed by atoms with Crippen molar-refractivity contribution in [1.29, 1.82) is 0 Å². The molecule has 2 aromatic heterocycles. The van der Waals surface area contributed by atoms with Crippen molar-refractivity contribution in [3.05, 3.63) is 70.5 Å². The third-order valence-corrected chi connectivity index (χ3v) is 5.15. The molecule has 25 heavy (non-hydrogen) atoms. The van der Waals surface area contributed by atoms with Crippen LogP contribution in [0, 0.1) is 0 Å². The molecule has 4 nitrogen and oxygen atoms in total. The van der Waals surface area contributed by atoms with Crippen LogP contribution in [0.5, 0.6) is 0 Å².